The lowest BCUT2D eigenvalue weighted by Crippen LogP contribution is -1.99. The SMILES string of the molecule is CCCCCCCC/C=C\CCCCCCC([C]=O)CC. The minimum absolute atomic E-state index is 0.183. The lowest BCUT2D eigenvalue weighted by molar-refractivity contribution is 0.480. The van der Waals surface area contributed by atoms with Crippen molar-refractivity contribution in [3.63, 3.8) is 0 Å². The van der Waals surface area contributed by atoms with Gasteiger partial charge in [0.2, 0.25) is 6.29 Å². The van der Waals surface area contributed by atoms with Crippen molar-refractivity contribution >= 4 is 6.29 Å². The summed E-state index contributed by atoms with van der Waals surface area (Å²) in [5.41, 5.74) is 0. The van der Waals surface area contributed by atoms with Crippen LogP contribution >= 0.6 is 0 Å². The normalized spacial score (nSPS) is 12.9. The molecule has 0 aromatic carbocycles. The van der Waals surface area contributed by atoms with Gasteiger partial charge >= 0.3 is 0 Å². The van der Waals surface area contributed by atoms with Gasteiger partial charge in [0, 0.05) is 5.92 Å². The summed E-state index contributed by atoms with van der Waals surface area (Å²) in [5.74, 6) is 0.183. The third-order valence-electron chi connectivity index (χ3n) is 4.22. The van der Waals surface area contributed by atoms with Crippen LogP contribution in [0, 0.1) is 5.92 Å². The number of rotatable bonds is 16. The maximum Gasteiger partial charge on any atom is 0.201 e. The smallest absolute Gasteiger partial charge is 0.201 e. The fraction of sp³-hybridized carbons (Fsp3) is 0.850. The van der Waals surface area contributed by atoms with Crippen LogP contribution in [-0.4, -0.2) is 6.29 Å². The Labute approximate surface area is 133 Å². The van der Waals surface area contributed by atoms with Crippen molar-refractivity contribution < 1.29 is 4.79 Å². The average molecular weight is 294 g/mol. The van der Waals surface area contributed by atoms with E-state index in [1.165, 1.54) is 77.0 Å². The molecule has 0 aliphatic heterocycles. The monoisotopic (exact) mass is 293 g/mol. The lowest BCUT2D eigenvalue weighted by Gasteiger charge is -2.05. The van der Waals surface area contributed by atoms with Crippen LogP contribution in [0.4, 0.5) is 0 Å². The van der Waals surface area contributed by atoms with E-state index < -0.39 is 0 Å². The van der Waals surface area contributed by atoms with E-state index in [-0.39, 0.29) is 5.92 Å². The van der Waals surface area contributed by atoms with Gasteiger partial charge in [0.25, 0.3) is 0 Å². The largest absolute Gasteiger partial charge is 0.291 e. The third kappa shape index (κ3) is 15.6. The maximum absolute atomic E-state index is 10.6. The molecule has 1 radical (unpaired) electrons. The Bertz CT molecular complexity index is 232. The van der Waals surface area contributed by atoms with Crippen LogP contribution in [0.5, 0.6) is 0 Å². The van der Waals surface area contributed by atoms with E-state index in [9.17, 15) is 4.79 Å². The van der Waals surface area contributed by atoms with Crippen molar-refractivity contribution in [2.24, 2.45) is 5.92 Å². The summed E-state index contributed by atoms with van der Waals surface area (Å²) >= 11 is 0. The molecule has 0 amide bonds. The van der Waals surface area contributed by atoms with Crippen molar-refractivity contribution in [1.29, 1.82) is 0 Å². The molecule has 123 valence electrons. The Balaban J connectivity index is 3.16. The maximum atomic E-state index is 10.6. The van der Waals surface area contributed by atoms with Gasteiger partial charge in [-0.25, -0.2) is 0 Å². The van der Waals surface area contributed by atoms with E-state index in [0.29, 0.717) is 0 Å². The standard InChI is InChI=1S/C20H37O/c1-3-5-6-7-8-9-10-11-12-13-14-15-16-17-18-20(4-2)19-21/h11-12,20H,3-10,13-18H2,1-2H3/b12-11-. The fourth-order valence-corrected chi connectivity index (χ4v) is 2.63. The average Bonchev–Trinajstić information content (AvgIpc) is 2.51. The molecular weight excluding hydrogens is 256 g/mol. The summed E-state index contributed by atoms with van der Waals surface area (Å²) in [4.78, 5) is 10.6. The molecule has 1 heteroatoms. The molecule has 0 spiro atoms. The van der Waals surface area contributed by atoms with Crippen LogP contribution in [0.2, 0.25) is 0 Å². The van der Waals surface area contributed by atoms with Gasteiger partial charge in [-0.3, -0.25) is 4.79 Å². The first-order valence-corrected chi connectivity index (χ1v) is 9.37. The van der Waals surface area contributed by atoms with E-state index >= 15 is 0 Å². The van der Waals surface area contributed by atoms with Gasteiger partial charge in [0.15, 0.2) is 0 Å². The molecule has 0 heterocycles. The summed E-state index contributed by atoms with van der Waals surface area (Å²) in [6.07, 6.45) is 24.7. The first-order chi connectivity index (χ1) is 10.3. The van der Waals surface area contributed by atoms with E-state index in [1.54, 1.807) is 0 Å². The fourth-order valence-electron chi connectivity index (χ4n) is 2.63. The van der Waals surface area contributed by atoms with Crippen molar-refractivity contribution in [2.45, 2.75) is 104 Å². The van der Waals surface area contributed by atoms with E-state index in [0.717, 1.165) is 12.8 Å². The molecular formula is C20H37O. The van der Waals surface area contributed by atoms with Crippen LogP contribution in [-0.2, 0) is 4.79 Å². The number of carbonyl (C=O) groups excluding carboxylic acids is 1. The molecule has 0 N–H and O–H groups in total. The molecule has 1 atom stereocenters. The van der Waals surface area contributed by atoms with E-state index in [2.05, 4.69) is 32.3 Å². The zero-order valence-corrected chi connectivity index (χ0v) is 14.5. The predicted molar refractivity (Wildman–Crippen MR) is 94.3 cm³/mol. The number of hydrogen-bond donors (Lipinski definition) is 0. The van der Waals surface area contributed by atoms with E-state index in [4.69, 9.17) is 0 Å². The van der Waals surface area contributed by atoms with E-state index in [1.807, 2.05) is 0 Å². The van der Waals surface area contributed by atoms with Crippen molar-refractivity contribution in [3.8, 4) is 0 Å². The summed E-state index contributed by atoms with van der Waals surface area (Å²) < 4.78 is 0. The highest BCUT2D eigenvalue weighted by Crippen LogP contribution is 2.13. The number of unbranched alkanes of at least 4 members (excludes halogenated alkanes) is 10. The second-order valence-electron chi connectivity index (χ2n) is 6.24. The Hall–Kier alpha value is -0.590. The first kappa shape index (κ1) is 20.4. The Morgan fingerprint density at radius 3 is 1.81 bits per heavy atom. The molecule has 0 aromatic heterocycles. The molecule has 0 aliphatic rings. The van der Waals surface area contributed by atoms with Crippen LogP contribution in [0.1, 0.15) is 104 Å². The van der Waals surface area contributed by atoms with Crippen LogP contribution in [0.3, 0.4) is 0 Å². The summed E-state index contributed by atoms with van der Waals surface area (Å²) in [7, 11) is 0. The Morgan fingerprint density at radius 2 is 1.29 bits per heavy atom. The second kappa shape index (κ2) is 17.5. The van der Waals surface area contributed by atoms with Gasteiger partial charge in [0.1, 0.15) is 0 Å². The van der Waals surface area contributed by atoms with Crippen molar-refractivity contribution in [2.75, 3.05) is 0 Å². The summed E-state index contributed by atoms with van der Waals surface area (Å²) in [6, 6.07) is 0. The van der Waals surface area contributed by atoms with Crippen LogP contribution in [0.15, 0.2) is 12.2 Å². The summed E-state index contributed by atoms with van der Waals surface area (Å²) in [5, 5.41) is 0. The van der Waals surface area contributed by atoms with Gasteiger partial charge < -0.3 is 0 Å². The molecule has 0 rings (SSSR count). The molecule has 1 unspecified atom stereocenters. The van der Waals surface area contributed by atoms with Crippen molar-refractivity contribution in [3.05, 3.63) is 12.2 Å². The quantitative estimate of drug-likeness (QED) is 0.227. The topological polar surface area (TPSA) is 17.1 Å². The Kier molecular flexibility index (Phi) is 17.0. The zero-order chi connectivity index (χ0) is 15.6. The van der Waals surface area contributed by atoms with Gasteiger partial charge in [-0.15, -0.1) is 0 Å². The minimum Gasteiger partial charge on any atom is -0.291 e. The third-order valence-corrected chi connectivity index (χ3v) is 4.22. The summed E-state index contributed by atoms with van der Waals surface area (Å²) in [6.45, 7) is 4.34. The molecule has 0 fully saturated rings. The Morgan fingerprint density at radius 1 is 0.762 bits per heavy atom. The van der Waals surface area contributed by atoms with Gasteiger partial charge in [-0.1, -0.05) is 77.4 Å². The highest BCUT2D eigenvalue weighted by Gasteiger charge is 2.03. The number of hydrogen-bond acceptors (Lipinski definition) is 1. The number of allylic oxidation sites excluding steroid dienone is 2. The predicted octanol–water partition coefficient (Wildman–Crippen LogP) is 6.77. The lowest BCUT2D eigenvalue weighted by atomic mass is 9.99. The highest BCUT2D eigenvalue weighted by atomic mass is 16.1. The van der Waals surface area contributed by atoms with Crippen LogP contribution in [0.25, 0.3) is 0 Å². The van der Waals surface area contributed by atoms with Crippen LogP contribution < -0.4 is 0 Å². The molecule has 0 saturated heterocycles. The van der Waals surface area contributed by atoms with Gasteiger partial charge in [-0.2, -0.15) is 0 Å². The first-order valence-electron chi connectivity index (χ1n) is 9.37. The molecule has 1 nitrogen and oxygen atoms in total. The van der Waals surface area contributed by atoms with Crippen molar-refractivity contribution in [1.82, 2.24) is 0 Å². The molecule has 0 aliphatic carbocycles. The van der Waals surface area contributed by atoms with Gasteiger partial charge in [0.05, 0.1) is 0 Å². The molecule has 0 bridgehead atoms. The minimum atomic E-state index is 0.183. The second-order valence-corrected chi connectivity index (χ2v) is 6.24. The molecule has 0 aromatic rings. The molecule has 21 heavy (non-hydrogen) atoms. The highest BCUT2D eigenvalue weighted by molar-refractivity contribution is 5.54. The van der Waals surface area contributed by atoms with Gasteiger partial charge in [-0.05, 0) is 38.5 Å². The molecule has 0 saturated carbocycles. The zero-order valence-electron chi connectivity index (χ0n) is 14.5.